The number of hydrogen-bond donors (Lipinski definition) is 2. The monoisotopic (exact) mass is 461 g/mol. The number of halogens is 1. The molecule has 0 saturated heterocycles. The van der Waals surface area contributed by atoms with Crippen LogP contribution in [0, 0.1) is 5.82 Å². The lowest BCUT2D eigenvalue weighted by Gasteiger charge is -2.16. The molecular weight excluding hydrogens is 437 g/mol. The van der Waals surface area contributed by atoms with Gasteiger partial charge in [-0.1, -0.05) is 30.3 Å². The number of nitrogens with zero attached hydrogens (tertiary/aromatic N) is 1. The summed E-state index contributed by atoms with van der Waals surface area (Å²) in [6.07, 6.45) is 1.37. The molecule has 1 unspecified atom stereocenters. The molecule has 0 saturated carbocycles. The highest BCUT2D eigenvalue weighted by molar-refractivity contribution is 7.10. The van der Waals surface area contributed by atoms with Gasteiger partial charge in [-0.2, -0.15) is 0 Å². The molecule has 0 aliphatic rings. The number of carbonyl (C=O) groups excluding carboxylic acids is 1. The van der Waals surface area contributed by atoms with Crippen LogP contribution in [0.5, 0.6) is 0 Å². The Balaban J connectivity index is 1.56. The van der Waals surface area contributed by atoms with Crippen molar-refractivity contribution < 1.29 is 9.18 Å². The molecule has 33 heavy (non-hydrogen) atoms. The van der Waals surface area contributed by atoms with Gasteiger partial charge in [0, 0.05) is 23.7 Å². The topological polar surface area (TPSA) is 63.1 Å². The number of carbonyl (C=O) groups is 1. The smallest absolute Gasteiger partial charge is 0.255 e. The molecule has 0 spiro atoms. The molecule has 2 aromatic heterocycles. The Morgan fingerprint density at radius 2 is 1.91 bits per heavy atom. The number of nitrogens with one attached hydrogen (secondary N) is 2. The van der Waals surface area contributed by atoms with Gasteiger partial charge in [0.25, 0.3) is 11.5 Å². The molecule has 0 aliphatic heterocycles. The molecular formula is C26H24FN3O2S. The van der Waals surface area contributed by atoms with Gasteiger partial charge in [0.2, 0.25) is 0 Å². The zero-order valence-electron chi connectivity index (χ0n) is 18.3. The molecule has 1 atom stereocenters. The Kier molecular flexibility index (Phi) is 6.82. The fourth-order valence-corrected chi connectivity index (χ4v) is 4.60. The summed E-state index contributed by atoms with van der Waals surface area (Å²) in [5.74, 6) is -0.877. The van der Waals surface area contributed by atoms with Gasteiger partial charge in [0.05, 0.1) is 17.3 Å². The Labute approximate surface area is 195 Å². The number of hydrogen-bond acceptors (Lipinski definition) is 4. The summed E-state index contributed by atoms with van der Waals surface area (Å²) in [6, 6.07) is 18.6. The van der Waals surface area contributed by atoms with Crippen LogP contribution in [-0.2, 0) is 6.54 Å². The predicted octanol–water partition coefficient (Wildman–Crippen LogP) is 4.92. The minimum Gasteiger partial charge on any atom is -0.345 e. The van der Waals surface area contributed by atoms with Crippen molar-refractivity contribution in [2.45, 2.75) is 19.5 Å². The SMILES string of the molecule is CNCc1sccc1-c1cccc(C(C)NC(=O)c2ccc(=O)n(-c3ccccc3F)c2)c1. The van der Waals surface area contributed by atoms with E-state index in [1.54, 1.807) is 23.5 Å². The second-order valence-corrected chi connectivity index (χ2v) is 8.69. The molecule has 0 bridgehead atoms. The van der Waals surface area contributed by atoms with Gasteiger partial charge in [-0.25, -0.2) is 4.39 Å². The van der Waals surface area contributed by atoms with E-state index in [1.165, 1.54) is 40.9 Å². The second kappa shape index (κ2) is 9.94. The second-order valence-electron chi connectivity index (χ2n) is 7.69. The van der Waals surface area contributed by atoms with Crippen molar-refractivity contribution >= 4 is 17.2 Å². The van der Waals surface area contributed by atoms with E-state index < -0.39 is 11.4 Å². The van der Waals surface area contributed by atoms with Crippen LogP contribution >= 0.6 is 11.3 Å². The molecule has 0 fully saturated rings. The van der Waals surface area contributed by atoms with E-state index in [1.807, 2.05) is 26.1 Å². The average Bonchev–Trinajstić information content (AvgIpc) is 3.28. The van der Waals surface area contributed by atoms with Crippen molar-refractivity contribution in [2.75, 3.05) is 7.05 Å². The van der Waals surface area contributed by atoms with Crippen molar-refractivity contribution in [2.24, 2.45) is 0 Å². The zero-order valence-corrected chi connectivity index (χ0v) is 19.2. The highest BCUT2D eigenvalue weighted by atomic mass is 32.1. The van der Waals surface area contributed by atoms with Crippen LogP contribution in [0.4, 0.5) is 4.39 Å². The van der Waals surface area contributed by atoms with E-state index >= 15 is 0 Å². The van der Waals surface area contributed by atoms with Crippen LogP contribution in [0.3, 0.4) is 0 Å². The molecule has 168 valence electrons. The quantitative estimate of drug-likeness (QED) is 0.411. The lowest BCUT2D eigenvalue weighted by molar-refractivity contribution is 0.0939. The maximum atomic E-state index is 14.2. The third kappa shape index (κ3) is 4.94. The Morgan fingerprint density at radius 3 is 2.70 bits per heavy atom. The van der Waals surface area contributed by atoms with E-state index in [9.17, 15) is 14.0 Å². The summed E-state index contributed by atoms with van der Waals surface area (Å²) in [4.78, 5) is 26.5. The van der Waals surface area contributed by atoms with Crippen molar-refractivity contribution in [3.05, 3.63) is 110 Å². The van der Waals surface area contributed by atoms with Gasteiger partial charge in [-0.05, 0) is 66.4 Å². The van der Waals surface area contributed by atoms with Gasteiger partial charge in [0.1, 0.15) is 5.82 Å². The first-order valence-electron chi connectivity index (χ1n) is 10.6. The van der Waals surface area contributed by atoms with Crippen molar-refractivity contribution in [1.29, 1.82) is 0 Å². The molecule has 2 N–H and O–H groups in total. The van der Waals surface area contributed by atoms with Crippen molar-refractivity contribution in [1.82, 2.24) is 15.2 Å². The summed E-state index contributed by atoms with van der Waals surface area (Å²) >= 11 is 1.71. The first-order chi connectivity index (χ1) is 16.0. The van der Waals surface area contributed by atoms with Crippen LogP contribution in [0.1, 0.15) is 33.8 Å². The Hall–Kier alpha value is -3.55. The van der Waals surface area contributed by atoms with Crippen LogP contribution < -0.4 is 16.2 Å². The molecule has 2 heterocycles. The molecule has 1 amide bonds. The maximum absolute atomic E-state index is 14.2. The number of benzene rings is 2. The van der Waals surface area contributed by atoms with Crippen LogP contribution in [-0.4, -0.2) is 17.5 Å². The van der Waals surface area contributed by atoms with E-state index in [2.05, 4.69) is 34.2 Å². The lowest BCUT2D eigenvalue weighted by Crippen LogP contribution is -2.28. The number of amides is 1. The fourth-order valence-electron chi connectivity index (χ4n) is 3.69. The van der Waals surface area contributed by atoms with Crippen LogP contribution in [0.2, 0.25) is 0 Å². The molecule has 7 heteroatoms. The molecule has 5 nitrogen and oxygen atoms in total. The number of rotatable bonds is 7. The number of pyridine rings is 1. The Bertz CT molecular complexity index is 1350. The Morgan fingerprint density at radius 1 is 1.09 bits per heavy atom. The third-order valence-corrected chi connectivity index (χ3v) is 6.33. The average molecular weight is 462 g/mol. The highest BCUT2D eigenvalue weighted by Gasteiger charge is 2.15. The first kappa shape index (κ1) is 22.6. The van der Waals surface area contributed by atoms with Crippen molar-refractivity contribution in [3.63, 3.8) is 0 Å². The largest absolute Gasteiger partial charge is 0.345 e. The fraction of sp³-hybridized carbons (Fsp3) is 0.154. The number of thiophene rings is 1. The minimum absolute atomic E-state index is 0.103. The van der Waals surface area contributed by atoms with Gasteiger partial charge in [-0.15, -0.1) is 11.3 Å². The van der Waals surface area contributed by atoms with E-state index in [-0.39, 0.29) is 23.2 Å². The molecule has 0 aliphatic carbocycles. The lowest BCUT2D eigenvalue weighted by atomic mass is 10.00. The van der Waals surface area contributed by atoms with Crippen LogP contribution in [0.25, 0.3) is 16.8 Å². The normalized spacial score (nSPS) is 11.8. The van der Waals surface area contributed by atoms with Gasteiger partial charge >= 0.3 is 0 Å². The summed E-state index contributed by atoms with van der Waals surface area (Å²) in [5, 5.41) is 8.24. The van der Waals surface area contributed by atoms with Gasteiger partial charge in [0.15, 0.2) is 0 Å². The molecule has 4 aromatic rings. The standard InChI is InChI=1S/C26H24FN3O2S/c1-17(18-6-5-7-19(14-18)21-12-13-33-24(21)15-28-2)29-26(32)20-10-11-25(31)30(16-20)23-9-4-3-8-22(23)27/h3-14,16-17,28H,15H2,1-2H3,(H,29,32). The van der Waals surface area contributed by atoms with Crippen LogP contribution in [0.15, 0.2) is 83.1 Å². The van der Waals surface area contributed by atoms with Crippen molar-refractivity contribution in [3.8, 4) is 16.8 Å². The maximum Gasteiger partial charge on any atom is 0.255 e. The summed E-state index contributed by atoms with van der Waals surface area (Å²) < 4.78 is 15.3. The summed E-state index contributed by atoms with van der Waals surface area (Å²) in [5.41, 5.74) is 3.19. The van der Waals surface area contributed by atoms with Gasteiger partial charge < -0.3 is 10.6 Å². The molecule has 4 rings (SSSR count). The predicted molar refractivity (Wildman–Crippen MR) is 130 cm³/mol. The minimum atomic E-state index is -0.534. The highest BCUT2D eigenvalue weighted by Crippen LogP contribution is 2.30. The first-order valence-corrected chi connectivity index (χ1v) is 11.5. The van der Waals surface area contributed by atoms with E-state index in [0.717, 1.165) is 22.2 Å². The third-order valence-electron chi connectivity index (χ3n) is 5.41. The number of aromatic nitrogens is 1. The molecule has 0 radical (unpaired) electrons. The van der Waals surface area contributed by atoms with E-state index in [4.69, 9.17) is 0 Å². The summed E-state index contributed by atoms with van der Waals surface area (Å²) in [6.45, 7) is 2.70. The van der Waals surface area contributed by atoms with Gasteiger partial charge in [-0.3, -0.25) is 14.2 Å². The summed E-state index contributed by atoms with van der Waals surface area (Å²) in [7, 11) is 1.92. The molecule has 2 aromatic carbocycles. The number of para-hydroxylation sites is 1. The zero-order chi connectivity index (χ0) is 23.4. The van der Waals surface area contributed by atoms with E-state index in [0.29, 0.717) is 0 Å².